The van der Waals surface area contributed by atoms with E-state index in [-0.39, 0.29) is 18.6 Å². The average Bonchev–Trinajstić information content (AvgIpc) is 3.38. The molecule has 3 aromatic rings. The maximum atomic E-state index is 13.4. The van der Waals surface area contributed by atoms with Gasteiger partial charge in [-0.3, -0.25) is 9.69 Å². The number of carbonyl (C=O) groups is 1. The summed E-state index contributed by atoms with van der Waals surface area (Å²) in [5, 5.41) is 9.73. The lowest BCUT2D eigenvalue weighted by Crippen LogP contribution is -2.34. The Morgan fingerprint density at radius 1 is 1.23 bits per heavy atom. The number of likely N-dealkylation sites (N-methyl/N-ethyl adjacent to an activating group) is 1. The van der Waals surface area contributed by atoms with E-state index in [1.165, 1.54) is 5.56 Å². The molecule has 3 heterocycles. The van der Waals surface area contributed by atoms with Crippen molar-refractivity contribution in [2.75, 3.05) is 26.7 Å². The van der Waals surface area contributed by atoms with Crippen molar-refractivity contribution in [3.8, 4) is 0 Å². The molecule has 30 heavy (non-hydrogen) atoms. The molecule has 0 radical (unpaired) electrons. The lowest BCUT2D eigenvalue weighted by atomic mass is 10.1. The molecule has 1 aromatic carbocycles. The number of rotatable bonds is 7. The third-order valence-corrected chi connectivity index (χ3v) is 6.13. The zero-order chi connectivity index (χ0) is 21.1. The highest BCUT2D eigenvalue weighted by Gasteiger charge is 2.29. The van der Waals surface area contributed by atoms with Crippen LogP contribution in [0.25, 0.3) is 5.65 Å². The number of aliphatic hydroxyl groups excluding tert-OH is 1. The first-order chi connectivity index (χ1) is 14.6. The highest BCUT2D eigenvalue weighted by molar-refractivity contribution is 5.94. The molecule has 1 aliphatic rings. The number of carbonyl (C=O) groups excluding carboxylic acids is 1. The Morgan fingerprint density at radius 3 is 2.80 bits per heavy atom. The van der Waals surface area contributed by atoms with Gasteiger partial charge in [-0.15, -0.1) is 0 Å². The Labute approximate surface area is 177 Å². The van der Waals surface area contributed by atoms with Crippen LogP contribution in [-0.2, 0) is 13.0 Å². The van der Waals surface area contributed by atoms with Crippen LogP contribution in [0.1, 0.15) is 40.2 Å². The first-order valence-corrected chi connectivity index (χ1v) is 10.7. The molecule has 158 valence electrons. The lowest BCUT2D eigenvalue weighted by molar-refractivity contribution is 0.0788. The zero-order valence-corrected chi connectivity index (χ0v) is 17.8. The Morgan fingerprint density at radius 2 is 2.03 bits per heavy atom. The van der Waals surface area contributed by atoms with Gasteiger partial charge in [-0.2, -0.15) is 0 Å². The number of nitrogens with zero attached hydrogens (tertiary/aromatic N) is 4. The van der Waals surface area contributed by atoms with Crippen molar-refractivity contribution in [2.45, 2.75) is 38.8 Å². The third-order valence-electron chi connectivity index (χ3n) is 6.13. The minimum Gasteiger partial charge on any atom is -0.395 e. The third kappa shape index (κ3) is 4.11. The summed E-state index contributed by atoms with van der Waals surface area (Å²) in [4.78, 5) is 22.2. The van der Waals surface area contributed by atoms with Crippen LogP contribution in [0.4, 0.5) is 0 Å². The number of aromatic nitrogens is 2. The molecular weight excluding hydrogens is 376 g/mol. The predicted octanol–water partition coefficient (Wildman–Crippen LogP) is 2.91. The highest BCUT2D eigenvalue weighted by Crippen LogP contribution is 2.24. The molecule has 2 aromatic heterocycles. The van der Waals surface area contributed by atoms with Gasteiger partial charge in [-0.1, -0.05) is 36.4 Å². The van der Waals surface area contributed by atoms with Crippen LogP contribution < -0.4 is 0 Å². The van der Waals surface area contributed by atoms with E-state index in [2.05, 4.69) is 17.0 Å². The SMILES string of the molecule is Cc1cccn2c(CN3CCC[C@H]3CO)c(C(=O)N(C)CCc3ccccc3)nc12. The Kier molecular flexibility index (Phi) is 6.16. The topological polar surface area (TPSA) is 61.1 Å². The summed E-state index contributed by atoms with van der Waals surface area (Å²) < 4.78 is 2.04. The fourth-order valence-electron chi connectivity index (χ4n) is 4.30. The maximum absolute atomic E-state index is 13.4. The molecular formula is C24H30N4O2. The standard InChI is InChI=1S/C24H30N4O2/c1-18-8-6-14-28-21(16-27-13-7-11-20(27)17-29)22(25-23(18)28)24(30)26(2)15-12-19-9-4-3-5-10-19/h3-6,8-10,14,20,29H,7,11-13,15-17H2,1-2H3/t20-/m0/s1. The molecule has 1 N–H and O–H groups in total. The van der Waals surface area contributed by atoms with Gasteiger partial charge in [-0.25, -0.2) is 4.98 Å². The summed E-state index contributed by atoms with van der Waals surface area (Å²) in [6.45, 7) is 4.35. The molecule has 0 spiro atoms. The summed E-state index contributed by atoms with van der Waals surface area (Å²) in [5.41, 5.74) is 4.51. The summed E-state index contributed by atoms with van der Waals surface area (Å²) >= 11 is 0. The van der Waals surface area contributed by atoms with Crippen molar-refractivity contribution in [1.82, 2.24) is 19.2 Å². The maximum Gasteiger partial charge on any atom is 0.274 e. The number of aryl methyl sites for hydroxylation is 1. The Balaban J connectivity index is 1.61. The molecule has 0 unspecified atom stereocenters. The number of hydrogen-bond acceptors (Lipinski definition) is 4. The molecule has 0 aliphatic carbocycles. The Bertz CT molecular complexity index is 1010. The zero-order valence-electron chi connectivity index (χ0n) is 17.8. The van der Waals surface area contributed by atoms with Crippen LogP contribution in [0.2, 0.25) is 0 Å². The van der Waals surface area contributed by atoms with Crippen LogP contribution in [0.5, 0.6) is 0 Å². The van der Waals surface area contributed by atoms with Crippen LogP contribution >= 0.6 is 0 Å². The van der Waals surface area contributed by atoms with E-state index in [0.717, 1.165) is 42.7 Å². The minimum absolute atomic E-state index is 0.0521. The Hall–Kier alpha value is -2.70. The van der Waals surface area contributed by atoms with Crippen molar-refractivity contribution in [2.24, 2.45) is 0 Å². The van der Waals surface area contributed by atoms with Gasteiger partial charge in [0.05, 0.1) is 12.3 Å². The van der Waals surface area contributed by atoms with E-state index in [1.807, 2.05) is 54.9 Å². The van der Waals surface area contributed by atoms with Gasteiger partial charge in [0.1, 0.15) is 5.65 Å². The van der Waals surface area contributed by atoms with Crippen LogP contribution in [-0.4, -0.2) is 63.0 Å². The van der Waals surface area contributed by atoms with E-state index >= 15 is 0 Å². The molecule has 6 heteroatoms. The number of hydrogen-bond donors (Lipinski definition) is 1. The number of imidazole rings is 1. The second-order valence-corrected chi connectivity index (χ2v) is 8.20. The number of benzene rings is 1. The number of aliphatic hydroxyl groups is 1. The van der Waals surface area contributed by atoms with Crippen LogP contribution in [0.3, 0.4) is 0 Å². The first kappa shape index (κ1) is 20.6. The molecule has 0 bridgehead atoms. The van der Waals surface area contributed by atoms with E-state index in [0.29, 0.717) is 18.8 Å². The number of likely N-dealkylation sites (tertiary alicyclic amines) is 1. The normalized spacial score (nSPS) is 17.0. The van der Waals surface area contributed by atoms with Gasteiger partial charge in [0, 0.05) is 32.4 Å². The first-order valence-electron chi connectivity index (χ1n) is 10.7. The molecule has 1 atom stereocenters. The molecule has 1 aliphatic heterocycles. The quantitative estimate of drug-likeness (QED) is 0.655. The largest absolute Gasteiger partial charge is 0.395 e. The van der Waals surface area contributed by atoms with Crippen LogP contribution in [0.15, 0.2) is 48.7 Å². The highest BCUT2D eigenvalue weighted by atomic mass is 16.3. The molecule has 6 nitrogen and oxygen atoms in total. The van der Waals surface area contributed by atoms with Crippen LogP contribution in [0, 0.1) is 6.92 Å². The smallest absolute Gasteiger partial charge is 0.274 e. The van der Waals surface area contributed by atoms with Gasteiger partial charge >= 0.3 is 0 Å². The lowest BCUT2D eigenvalue weighted by Gasteiger charge is -2.23. The van der Waals surface area contributed by atoms with E-state index in [9.17, 15) is 9.90 Å². The van der Waals surface area contributed by atoms with E-state index in [1.54, 1.807) is 4.90 Å². The van der Waals surface area contributed by atoms with Gasteiger partial charge in [0.15, 0.2) is 5.69 Å². The summed E-state index contributed by atoms with van der Waals surface area (Å²) in [6.07, 6.45) is 4.85. The van der Waals surface area contributed by atoms with Gasteiger partial charge < -0.3 is 14.4 Å². The van der Waals surface area contributed by atoms with E-state index in [4.69, 9.17) is 4.98 Å². The average molecular weight is 407 g/mol. The summed E-state index contributed by atoms with van der Waals surface area (Å²) in [7, 11) is 1.85. The molecule has 1 fully saturated rings. The van der Waals surface area contributed by atoms with Gasteiger partial charge in [0.25, 0.3) is 5.91 Å². The molecule has 1 saturated heterocycles. The molecule has 0 saturated carbocycles. The summed E-state index contributed by atoms with van der Waals surface area (Å²) in [6, 6.07) is 14.4. The monoisotopic (exact) mass is 406 g/mol. The molecule has 4 rings (SSSR count). The van der Waals surface area contributed by atoms with Crippen molar-refractivity contribution >= 4 is 11.6 Å². The second kappa shape index (κ2) is 8.98. The van der Waals surface area contributed by atoms with Crippen molar-refractivity contribution in [3.63, 3.8) is 0 Å². The number of fused-ring (bicyclic) bond motifs is 1. The van der Waals surface area contributed by atoms with Crippen molar-refractivity contribution in [3.05, 3.63) is 71.2 Å². The van der Waals surface area contributed by atoms with E-state index < -0.39 is 0 Å². The fraction of sp³-hybridized carbons (Fsp3) is 0.417. The number of amides is 1. The summed E-state index contributed by atoms with van der Waals surface area (Å²) in [5.74, 6) is -0.0521. The van der Waals surface area contributed by atoms with Crippen molar-refractivity contribution in [1.29, 1.82) is 0 Å². The second-order valence-electron chi connectivity index (χ2n) is 8.20. The van der Waals surface area contributed by atoms with Gasteiger partial charge in [-0.05, 0) is 49.9 Å². The predicted molar refractivity (Wildman–Crippen MR) is 118 cm³/mol. The fourth-order valence-corrected chi connectivity index (χ4v) is 4.30. The number of pyridine rings is 1. The van der Waals surface area contributed by atoms with Crippen molar-refractivity contribution < 1.29 is 9.90 Å². The molecule has 1 amide bonds. The van der Waals surface area contributed by atoms with Gasteiger partial charge in [0.2, 0.25) is 0 Å². The minimum atomic E-state index is -0.0521.